The molecule has 0 rings (SSSR count). The quantitative estimate of drug-likeness (QED) is 0.0899. The number of carboxylic acids is 2. The van der Waals surface area contributed by atoms with Crippen molar-refractivity contribution in [3.05, 3.63) is 0 Å². The van der Waals surface area contributed by atoms with Gasteiger partial charge in [-0.2, -0.15) is 0 Å². The normalized spacial score (nSPS) is 19.0. The van der Waals surface area contributed by atoms with Crippen LogP contribution in [0.1, 0.15) is 12.8 Å². The fraction of sp³-hybridized carbons (Fsp3) is 0.750. The van der Waals surface area contributed by atoms with Gasteiger partial charge in [0.05, 0.1) is 19.4 Å². The van der Waals surface area contributed by atoms with Crippen molar-refractivity contribution in [1.82, 2.24) is 0 Å². The molecule has 0 amide bonds. The second kappa shape index (κ2) is 11.8. The minimum atomic E-state index is -3.04. The van der Waals surface area contributed by atoms with Gasteiger partial charge in [0.2, 0.25) is 6.29 Å². The summed E-state index contributed by atoms with van der Waals surface area (Å²) in [7, 11) is 0. The number of aliphatic hydroxyl groups is 7. The molecule has 0 fully saturated rings. The molecule has 9 N–H and O–H groups in total. The standard InChI is InChI=1S/C12H20O13.Na.H/c13-3-4(14)7(18)8(19)9(20)10(21)25-6(17)2-12(24,11(22)23)1-5(15)16;;/h4,7-10,13-14,18-21,24H,1-3H2,(H,15,16)(H,22,23);;/t4-,7-,8+,9-,10?,12?;;/m1../s1. The average molecular weight is 396 g/mol. The van der Waals surface area contributed by atoms with Crippen LogP contribution in [-0.2, 0) is 19.1 Å². The number of carboxylic acid groups (broad SMARTS) is 2. The van der Waals surface area contributed by atoms with Gasteiger partial charge in [-0.3, -0.25) is 9.59 Å². The number of rotatable bonds is 11. The molecule has 0 spiro atoms. The van der Waals surface area contributed by atoms with Gasteiger partial charge in [-0.25, -0.2) is 4.79 Å². The molecule has 0 aliphatic rings. The first-order valence-corrected chi connectivity index (χ1v) is 6.74. The third-order valence-corrected chi connectivity index (χ3v) is 3.10. The number of aliphatic hydroxyl groups excluding tert-OH is 6. The molecule has 13 nitrogen and oxygen atoms in total. The molecule has 0 aliphatic carbocycles. The molecule has 0 aromatic rings. The predicted octanol–water partition coefficient (Wildman–Crippen LogP) is -5.68. The van der Waals surface area contributed by atoms with Gasteiger partial charge in [-0.15, -0.1) is 0 Å². The van der Waals surface area contributed by atoms with Crippen molar-refractivity contribution in [3.8, 4) is 0 Å². The number of carbonyl (C=O) groups is 3. The zero-order valence-electron chi connectivity index (χ0n) is 12.7. The molecule has 0 heterocycles. The van der Waals surface area contributed by atoms with Crippen molar-refractivity contribution in [2.45, 2.75) is 49.1 Å². The predicted molar refractivity (Wildman–Crippen MR) is 79.8 cm³/mol. The summed E-state index contributed by atoms with van der Waals surface area (Å²) in [6.45, 7) is -0.998. The van der Waals surface area contributed by atoms with Crippen LogP contribution in [0.15, 0.2) is 0 Å². The van der Waals surface area contributed by atoms with Crippen LogP contribution < -0.4 is 0 Å². The average Bonchev–Trinajstić information content (AvgIpc) is 2.50. The Labute approximate surface area is 168 Å². The van der Waals surface area contributed by atoms with Crippen molar-refractivity contribution in [2.75, 3.05) is 6.61 Å². The second-order valence-corrected chi connectivity index (χ2v) is 5.19. The van der Waals surface area contributed by atoms with Crippen LogP contribution in [0.3, 0.4) is 0 Å². The SMILES string of the molecule is O=C(O)CC(O)(CC(=O)OC(O)[C@H](O)[C@@H](O)[C@H](O)[C@H](O)CO)C(=O)O.[NaH]. The van der Waals surface area contributed by atoms with Crippen molar-refractivity contribution >= 4 is 47.5 Å². The van der Waals surface area contributed by atoms with Crippen LogP contribution in [0.4, 0.5) is 0 Å². The first-order chi connectivity index (χ1) is 11.4. The van der Waals surface area contributed by atoms with Gasteiger partial charge in [-0.05, 0) is 0 Å². The Balaban J connectivity index is 0. The first kappa shape index (κ1) is 27.3. The van der Waals surface area contributed by atoms with E-state index in [1.54, 1.807) is 0 Å². The van der Waals surface area contributed by atoms with E-state index in [9.17, 15) is 39.9 Å². The molecule has 0 aromatic carbocycles. The van der Waals surface area contributed by atoms with Gasteiger partial charge in [0.25, 0.3) is 0 Å². The van der Waals surface area contributed by atoms with E-state index in [-0.39, 0.29) is 29.6 Å². The number of esters is 1. The summed E-state index contributed by atoms with van der Waals surface area (Å²) in [5.41, 5.74) is -3.04. The molecule has 0 saturated carbocycles. The van der Waals surface area contributed by atoms with Crippen LogP contribution >= 0.6 is 0 Å². The van der Waals surface area contributed by atoms with Gasteiger partial charge in [-0.1, -0.05) is 0 Å². The van der Waals surface area contributed by atoms with Crippen molar-refractivity contribution in [3.63, 3.8) is 0 Å². The molecular formula is C12H21NaO13. The Kier molecular flexibility index (Phi) is 12.4. The molecule has 0 aliphatic heterocycles. The van der Waals surface area contributed by atoms with Crippen LogP contribution in [0.2, 0.25) is 0 Å². The molecule has 148 valence electrons. The van der Waals surface area contributed by atoms with E-state index in [4.69, 9.17) is 20.4 Å². The Morgan fingerprint density at radius 2 is 1.38 bits per heavy atom. The van der Waals surface area contributed by atoms with Crippen LogP contribution in [0, 0.1) is 0 Å². The van der Waals surface area contributed by atoms with Crippen LogP contribution in [-0.4, -0.2) is 136 Å². The summed E-state index contributed by atoms with van der Waals surface area (Å²) in [5.74, 6) is -5.43. The van der Waals surface area contributed by atoms with Gasteiger partial charge in [0, 0.05) is 0 Å². The molecular weight excluding hydrogens is 375 g/mol. The molecule has 6 atom stereocenters. The third kappa shape index (κ3) is 8.22. The number of ether oxygens (including phenoxy) is 1. The van der Waals surface area contributed by atoms with Crippen molar-refractivity contribution in [2.24, 2.45) is 0 Å². The molecule has 0 saturated heterocycles. The number of aliphatic carboxylic acids is 2. The summed E-state index contributed by atoms with van der Waals surface area (Å²) in [6.07, 6.45) is -14.0. The molecule has 0 bridgehead atoms. The van der Waals surface area contributed by atoms with E-state index in [1.807, 2.05) is 0 Å². The summed E-state index contributed by atoms with van der Waals surface area (Å²) < 4.78 is 4.16. The maximum absolute atomic E-state index is 11.5. The Morgan fingerprint density at radius 1 is 0.885 bits per heavy atom. The topological polar surface area (TPSA) is 243 Å². The summed E-state index contributed by atoms with van der Waals surface area (Å²) in [5, 5.41) is 82.3. The van der Waals surface area contributed by atoms with E-state index in [2.05, 4.69) is 4.74 Å². The summed E-state index contributed by atoms with van der Waals surface area (Å²) >= 11 is 0. The monoisotopic (exact) mass is 396 g/mol. The van der Waals surface area contributed by atoms with Gasteiger partial charge in [0.15, 0.2) is 5.60 Å². The number of carbonyl (C=O) groups excluding carboxylic acids is 1. The third-order valence-electron chi connectivity index (χ3n) is 3.10. The van der Waals surface area contributed by atoms with Gasteiger partial charge < -0.3 is 50.7 Å². The fourth-order valence-corrected chi connectivity index (χ4v) is 1.66. The summed E-state index contributed by atoms with van der Waals surface area (Å²) in [6, 6.07) is 0. The number of hydrogen-bond donors (Lipinski definition) is 9. The zero-order chi connectivity index (χ0) is 19.9. The van der Waals surface area contributed by atoms with Crippen LogP contribution in [0.5, 0.6) is 0 Å². The van der Waals surface area contributed by atoms with E-state index >= 15 is 0 Å². The maximum atomic E-state index is 11.5. The first-order valence-electron chi connectivity index (χ1n) is 6.74. The van der Waals surface area contributed by atoms with E-state index < -0.39 is 73.7 Å². The molecule has 26 heavy (non-hydrogen) atoms. The molecule has 2 unspecified atom stereocenters. The van der Waals surface area contributed by atoms with Gasteiger partial charge in [0.1, 0.15) is 24.4 Å². The van der Waals surface area contributed by atoms with E-state index in [0.717, 1.165) is 0 Å². The van der Waals surface area contributed by atoms with Crippen LogP contribution in [0.25, 0.3) is 0 Å². The van der Waals surface area contributed by atoms with E-state index in [0.29, 0.717) is 0 Å². The van der Waals surface area contributed by atoms with Crippen molar-refractivity contribution < 1.29 is 65.1 Å². The zero-order valence-corrected chi connectivity index (χ0v) is 12.7. The van der Waals surface area contributed by atoms with E-state index in [1.165, 1.54) is 0 Å². The van der Waals surface area contributed by atoms with Crippen molar-refractivity contribution in [1.29, 1.82) is 0 Å². The Hall–Kier alpha value is -0.870. The second-order valence-electron chi connectivity index (χ2n) is 5.19. The fourth-order valence-electron chi connectivity index (χ4n) is 1.66. The molecule has 0 aromatic heterocycles. The number of hydrogen-bond acceptors (Lipinski definition) is 11. The Morgan fingerprint density at radius 3 is 1.77 bits per heavy atom. The summed E-state index contributed by atoms with van der Waals surface area (Å²) in [4.78, 5) is 32.9. The molecule has 0 radical (unpaired) electrons. The minimum absolute atomic E-state index is 0. The molecule has 14 heteroatoms. The Bertz CT molecular complexity index is 486. The van der Waals surface area contributed by atoms with Gasteiger partial charge >= 0.3 is 47.5 Å².